The molecular weight excluding hydrogens is 392 g/mol. The average Bonchev–Trinajstić information content (AvgIpc) is 3.15. The van der Waals surface area contributed by atoms with Crippen molar-refractivity contribution in [3.8, 4) is 0 Å². The van der Waals surface area contributed by atoms with Crippen molar-refractivity contribution in [2.24, 2.45) is 5.73 Å². The van der Waals surface area contributed by atoms with Crippen LogP contribution in [0.25, 0.3) is 0 Å². The predicted octanol–water partition coefficient (Wildman–Crippen LogP) is -4.08. The molecule has 160 valence electrons. The molecule has 1 heterocycles. The van der Waals surface area contributed by atoms with Gasteiger partial charge in [0.25, 0.3) is 0 Å². The number of amides is 3. The summed E-state index contributed by atoms with van der Waals surface area (Å²) >= 11 is 0. The van der Waals surface area contributed by atoms with Gasteiger partial charge < -0.3 is 42.0 Å². The summed E-state index contributed by atoms with van der Waals surface area (Å²) in [6.45, 7) is -1.54. The molecular formula is C15H22N6O8. The number of aliphatic hydroxyl groups is 1. The lowest BCUT2D eigenvalue weighted by Crippen LogP contribution is -2.57. The minimum Gasteiger partial charge on any atom is -0.481 e. The molecule has 3 unspecified atom stereocenters. The maximum Gasteiger partial charge on any atom is 0.322 e. The van der Waals surface area contributed by atoms with Gasteiger partial charge in [0, 0.05) is 18.3 Å². The van der Waals surface area contributed by atoms with E-state index >= 15 is 0 Å². The van der Waals surface area contributed by atoms with E-state index in [0.29, 0.717) is 5.69 Å². The number of carbonyl (C=O) groups excluding carboxylic acids is 3. The van der Waals surface area contributed by atoms with Gasteiger partial charge in [-0.25, -0.2) is 4.98 Å². The van der Waals surface area contributed by atoms with Crippen LogP contribution in [0.4, 0.5) is 0 Å². The first-order valence-electron chi connectivity index (χ1n) is 8.29. The van der Waals surface area contributed by atoms with E-state index in [-0.39, 0.29) is 6.42 Å². The Hall–Kier alpha value is -3.52. The summed E-state index contributed by atoms with van der Waals surface area (Å²) in [5.74, 6) is -5.38. The van der Waals surface area contributed by atoms with Crippen LogP contribution in [0.5, 0.6) is 0 Å². The van der Waals surface area contributed by atoms with Gasteiger partial charge in [-0.1, -0.05) is 0 Å². The monoisotopic (exact) mass is 414 g/mol. The summed E-state index contributed by atoms with van der Waals surface area (Å²) in [7, 11) is 0. The van der Waals surface area contributed by atoms with Crippen LogP contribution in [0, 0.1) is 0 Å². The topological polar surface area (TPSA) is 237 Å². The first kappa shape index (κ1) is 23.5. The molecule has 29 heavy (non-hydrogen) atoms. The van der Waals surface area contributed by atoms with E-state index in [1.807, 2.05) is 0 Å². The van der Waals surface area contributed by atoms with Crippen molar-refractivity contribution < 1.29 is 39.3 Å². The highest BCUT2D eigenvalue weighted by atomic mass is 16.4. The number of rotatable bonds is 12. The standard InChI is InChI=1S/C15H22N6O8/c16-8(2-11(23)24)13(27)21-10(5-22)15(29)20-9(1-7-3-17-6-19-7)14(28)18-4-12(25)26/h3,6,8-10,22H,1-2,4-5,16H2,(H,17,19)(H,18,28)(H,20,29)(H,21,27)(H,23,24)(H,25,26). The molecule has 14 nitrogen and oxygen atoms in total. The molecule has 0 aliphatic heterocycles. The Labute approximate surface area is 163 Å². The molecule has 0 fully saturated rings. The van der Waals surface area contributed by atoms with Gasteiger partial charge in [-0.3, -0.25) is 24.0 Å². The van der Waals surface area contributed by atoms with Crippen molar-refractivity contribution in [2.45, 2.75) is 31.0 Å². The fraction of sp³-hybridized carbons (Fsp3) is 0.467. The van der Waals surface area contributed by atoms with Gasteiger partial charge in [-0.2, -0.15) is 0 Å². The van der Waals surface area contributed by atoms with Crippen molar-refractivity contribution in [1.82, 2.24) is 25.9 Å². The molecule has 0 saturated heterocycles. The number of nitrogens with two attached hydrogens (primary N) is 1. The van der Waals surface area contributed by atoms with Gasteiger partial charge in [0.05, 0.1) is 25.4 Å². The molecule has 3 atom stereocenters. The fourth-order valence-electron chi connectivity index (χ4n) is 2.14. The summed E-state index contributed by atoms with van der Waals surface area (Å²) in [5.41, 5.74) is 5.84. The van der Waals surface area contributed by atoms with Gasteiger partial charge in [-0.05, 0) is 0 Å². The number of aliphatic hydroxyl groups excluding tert-OH is 1. The molecule has 1 aromatic heterocycles. The quantitative estimate of drug-likeness (QED) is 0.164. The zero-order valence-corrected chi connectivity index (χ0v) is 15.1. The summed E-state index contributed by atoms with van der Waals surface area (Å²) < 4.78 is 0. The van der Waals surface area contributed by atoms with E-state index in [1.54, 1.807) is 0 Å². The summed E-state index contributed by atoms with van der Waals surface area (Å²) in [6.07, 6.45) is 1.96. The molecule has 14 heteroatoms. The van der Waals surface area contributed by atoms with Crippen LogP contribution in [0.2, 0.25) is 0 Å². The number of aliphatic carboxylic acids is 2. The minimum absolute atomic E-state index is 0.0815. The molecule has 1 rings (SSSR count). The molecule has 3 amide bonds. The van der Waals surface area contributed by atoms with E-state index in [9.17, 15) is 29.1 Å². The van der Waals surface area contributed by atoms with E-state index in [4.69, 9.17) is 15.9 Å². The van der Waals surface area contributed by atoms with Gasteiger partial charge in [0.15, 0.2) is 0 Å². The molecule has 0 aromatic carbocycles. The Balaban J connectivity index is 2.81. The highest BCUT2D eigenvalue weighted by Crippen LogP contribution is 2.00. The number of imidazole rings is 1. The Morgan fingerprint density at radius 2 is 1.69 bits per heavy atom. The van der Waals surface area contributed by atoms with Gasteiger partial charge in [0.2, 0.25) is 17.7 Å². The lowest BCUT2D eigenvalue weighted by Gasteiger charge is -2.22. The van der Waals surface area contributed by atoms with E-state index < -0.39 is 67.4 Å². The maximum absolute atomic E-state index is 12.4. The number of hydrogen-bond donors (Lipinski definition) is 8. The minimum atomic E-state index is -1.51. The molecule has 0 radical (unpaired) electrons. The van der Waals surface area contributed by atoms with Gasteiger partial charge in [-0.15, -0.1) is 0 Å². The second-order valence-electron chi connectivity index (χ2n) is 5.90. The van der Waals surface area contributed by atoms with Crippen LogP contribution in [0.15, 0.2) is 12.5 Å². The highest BCUT2D eigenvalue weighted by Gasteiger charge is 2.28. The molecule has 0 saturated carbocycles. The Bertz CT molecular complexity index is 737. The van der Waals surface area contributed by atoms with Crippen molar-refractivity contribution in [1.29, 1.82) is 0 Å². The Kier molecular flexibility index (Phi) is 9.21. The molecule has 1 aromatic rings. The molecule has 0 aliphatic carbocycles. The van der Waals surface area contributed by atoms with Crippen LogP contribution >= 0.6 is 0 Å². The van der Waals surface area contributed by atoms with Crippen molar-refractivity contribution in [3.63, 3.8) is 0 Å². The predicted molar refractivity (Wildman–Crippen MR) is 94.1 cm³/mol. The first-order valence-corrected chi connectivity index (χ1v) is 8.29. The molecule has 0 bridgehead atoms. The first-order chi connectivity index (χ1) is 13.6. The molecule has 0 aliphatic rings. The Morgan fingerprint density at radius 1 is 1.03 bits per heavy atom. The number of H-pyrrole nitrogens is 1. The largest absolute Gasteiger partial charge is 0.481 e. The normalized spacial score (nSPS) is 13.6. The number of aromatic amines is 1. The third-order valence-electron chi connectivity index (χ3n) is 3.57. The number of hydrogen-bond acceptors (Lipinski definition) is 8. The average molecular weight is 414 g/mol. The van der Waals surface area contributed by atoms with Gasteiger partial charge >= 0.3 is 11.9 Å². The van der Waals surface area contributed by atoms with Crippen LogP contribution in [-0.4, -0.2) is 86.2 Å². The fourth-order valence-corrected chi connectivity index (χ4v) is 2.14. The van der Waals surface area contributed by atoms with Crippen molar-refractivity contribution in [3.05, 3.63) is 18.2 Å². The number of nitrogens with one attached hydrogen (secondary N) is 4. The van der Waals surface area contributed by atoms with Gasteiger partial charge in [0.1, 0.15) is 18.6 Å². The lowest BCUT2D eigenvalue weighted by molar-refractivity contribution is -0.140. The van der Waals surface area contributed by atoms with Crippen LogP contribution in [-0.2, 0) is 30.4 Å². The van der Waals surface area contributed by atoms with Crippen molar-refractivity contribution >= 4 is 29.7 Å². The van der Waals surface area contributed by atoms with E-state index in [2.05, 4.69) is 25.9 Å². The number of carboxylic acid groups (broad SMARTS) is 2. The van der Waals surface area contributed by atoms with Crippen LogP contribution in [0.3, 0.4) is 0 Å². The smallest absolute Gasteiger partial charge is 0.322 e. The SMILES string of the molecule is NC(CC(=O)O)C(=O)NC(CO)C(=O)NC(Cc1cnc[nH]1)C(=O)NCC(=O)O. The van der Waals surface area contributed by atoms with Crippen LogP contribution in [0.1, 0.15) is 12.1 Å². The third kappa shape index (κ3) is 8.35. The number of carbonyl (C=O) groups is 5. The third-order valence-corrected chi connectivity index (χ3v) is 3.57. The maximum atomic E-state index is 12.4. The second kappa shape index (κ2) is 11.4. The van der Waals surface area contributed by atoms with E-state index in [1.165, 1.54) is 12.5 Å². The van der Waals surface area contributed by atoms with E-state index in [0.717, 1.165) is 0 Å². The lowest BCUT2D eigenvalue weighted by atomic mass is 10.1. The second-order valence-corrected chi connectivity index (χ2v) is 5.90. The van der Waals surface area contributed by atoms with Crippen LogP contribution < -0.4 is 21.7 Å². The summed E-state index contributed by atoms with van der Waals surface area (Å²) in [6, 6.07) is -4.21. The number of carboxylic acids is 2. The number of nitrogens with zero attached hydrogens (tertiary/aromatic N) is 1. The molecule has 0 spiro atoms. The Morgan fingerprint density at radius 3 is 2.21 bits per heavy atom. The molecule has 9 N–H and O–H groups in total. The summed E-state index contributed by atoms with van der Waals surface area (Å²) in [5, 5.41) is 33.2. The zero-order valence-electron chi connectivity index (χ0n) is 15.1. The number of aromatic nitrogens is 2. The summed E-state index contributed by atoms with van der Waals surface area (Å²) in [4.78, 5) is 64.2. The zero-order chi connectivity index (χ0) is 22.0. The highest BCUT2D eigenvalue weighted by molar-refractivity contribution is 5.94. The van der Waals surface area contributed by atoms with Crippen molar-refractivity contribution in [2.75, 3.05) is 13.2 Å².